The molecular formula is C21H26O4. The van der Waals surface area contributed by atoms with E-state index < -0.39 is 0 Å². The molecule has 1 heterocycles. The average Bonchev–Trinajstić information content (AvgIpc) is 2.63. The summed E-state index contributed by atoms with van der Waals surface area (Å²) < 4.78 is 22.4. The van der Waals surface area contributed by atoms with Crippen molar-refractivity contribution >= 4 is 0 Å². The van der Waals surface area contributed by atoms with Crippen LogP contribution >= 0.6 is 0 Å². The van der Waals surface area contributed by atoms with Crippen LogP contribution in [0, 0.1) is 0 Å². The zero-order chi connectivity index (χ0) is 17.2. The highest BCUT2D eigenvalue weighted by molar-refractivity contribution is 5.33. The molecular weight excluding hydrogens is 316 g/mol. The van der Waals surface area contributed by atoms with Crippen molar-refractivity contribution < 1.29 is 18.9 Å². The van der Waals surface area contributed by atoms with Gasteiger partial charge in [0.1, 0.15) is 0 Å². The van der Waals surface area contributed by atoms with Crippen LogP contribution < -0.4 is 0 Å². The van der Waals surface area contributed by atoms with Crippen LogP contribution in [0.15, 0.2) is 48.5 Å². The molecule has 0 unspecified atom stereocenters. The van der Waals surface area contributed by atoms with Crippen LogP contribution in [0.5, 0.6) is 0 Å². The fraction of sp³-hybridized carbons (Fsp3) is 0.429. The molecule has 2 aromatic rings. The third-order valence-electron chi connectivity index (χ3n) is 4.02. The molecule has 0 amide bonds. The van der Waals surface area contributed by atoms with Crippen molar-refractivity contribution in [1.29, 1.82) is 0 Å². The molecule has 1 aliphatic rings. The first-order valence-electron chi connectivity index (χ1n) is 8.87. The summed E-state index contributed by atoms with van der Waals surface area (Å²) in [7, 11) is 0. The van der Waals surface area contributed by atoms with Gasteiger partial charge in [-0.2, -0.15) is 0 Å². The van der Waals surface area contributed by atoms with E-state index in [4.69, 9.17) is 18.9 Å². The molecule has 1 aliphatic heterocycles. The second-order valence-corrected chi connectivity index (χ2v) is 6.15. The van der Waals surface area contributed by atoms with Crippen molar-refractivity contribution in [3.63, 3.8) is 0 Å². The van der Waals surface area contributed by atoms with E-state index in [9.17, 15) is 0 Å². The molecule has 3 rings (SSSR count). The van der Waals surface area contributed by atoms with E-state index in [1.165, 1.54) is 22.3 Å². The van der Waals surface area contributed by atoms with Crippen molar-refractivity contribution in [3.05, 3.63) is 70.8 Å². The lowest BCUT2D eigenvalue weighted by Gasteiger charge is -2.11. The minimum Gasteiger partial charge on any atom is -0.377 e. The van der Waals surface area contributed by atoms with Gasteiger partial charge in [-0.3, -0.25) is 0 Å². The van der Waals surface area contributed by atoms with Crippen molar-refractivity contribution in [2.24, 2.45) is 0 Å². The fourth-order valence-corrected chi connectivity index (χ4v) is 2.88. The van der Waals surface area contributed by atoms with Crippen LogP contribution in [0.1, 0.15) is 22.3 Å². The van der Waals surface area contributed by atoms with E-state index >= 15 is 0 Å². The zero-order valence-corrected chi connectivity index (χ0v) is 14.6. The molecule has 0 radical (unpaired) electrons. The number of fused-ring (bicyclic) bond motifs is 2. The quantitative estimate of drug-likeness (QED) is 0.839. The molecule has 25 heavy (non-hydrogen) atoms. The maximum Gasteiger partial charge on any atom is 0.0718 e. The minimum atomic E-state index is 0.592. The molecule has 4 nitrogen and oxygen atoms in total. The summed E-state index contributed by atoms with van der Waals surface area (Å²) in [6, 6.07) is 17.1. The van der Waals surface area contributed by atoms with E-state index in [-0.39, 0.29) is 0 Å². The number of rotatable bonds is 2. The molecule has 4 heteroatoms. The van der Waals surface area contributed by atoms with E-state index in [0.29, 0.717) is 52.9 Å². The number of benzene rings is 2. The third-order valence-corrected chi connectivity index (χ3v) is 4.02. The molecule has 0 aromatic heterocycles. The van der Waals surface area contributed by atoms with Gasteiger partial charge in [-0.1, -0.05) is 48.5 Å². The normalized spacial score (nSPS) is 17.4. The van der Waals surface area contributed by atoms with Crippen LogP contribution in [-0.4, -0.2) is 39.6 Å². The average molecular weight is 342 g/mol. The molecule has 0 saturated carbocycles. The Labute approximate surface area is 149 Å². The maximum atomic E-state index is 5.75. The Morgan fingerprint density at radius 2 is 1.08 bits per heavy atom. The number of ether oxygens (including phenoxy) is 4. The van der Waals surface area contributed by atoms with Crippen LogP contribution in [0.3, 0.4) is 0 Å². The first kappa shape index (κ1) is 18.1. The SMILES string of the molecule is c1ccc(Cc2cc3cc(c2)COCCOCCOCCOC3)cc1. The van der Waals surface area contributed by atoms with Crippen LogP contribution in [0.4, 0.5) is 0 Å². The lowest BCUT2D eigenvalue weighted by Crippen LogP contribution is -2.11. The van der Waals surface area contributed by atoms with Gasteiger partial charge in [0, 0.05) is 0 Å². The van der Waals surface area contributed by atoms with Gasteiger partial charge in [0.05, 0.1) is 52.9 Å². The van der Waals surface area contributed by atoms with Crippen LogP contribution in [-0.2, 0) is 38.6 Å². The van der Waals surface area contributed by atoms with Gasteiger partial charge < -0.3 is 18.9 Å². The van der Waals surface area contributed by atoms with Crippen molar-refractivity contribution in [2.45, 2.75) is 19.6 Å². The molecule has 2 bridgehead atoms. The highest BCUT2D eigenvalue weighted by Crippen LogP contribution is 2.16. The molecule has 134 valence electrons. The maximum absolute atomic E-state index is 5.75. The van der Waals surface area contributed by atoms with Gasteiger partial charge in [-0.25, -0.2) is 0 Å². The van der Waals surface area contributed by atoms with E-state index in [1.807, 2.05) is 6.07 Å². The molecule has 0 atom stereocenters. The Morgan fingerprint density at radius 3 is 1.64 bits per heavy atom. The van der Waals surface area contributed by atoms with Crippen molar-refractivity contribution in [1.82, 2.24) is 0 Å². The van der Waals surface area contributed by atoms with Gasteiger partial charge in [-0.05, 0) is 28.7 Å². The lowest BCUT2D eigenvalue weighted by molar-refractivity contribution is -0.00523. The monoisotopic (exact) mass is 342 g/mol. The summed E-state index contributed by atoms with van der Waals surface area (Å²) in [6.07, 6.45) is 0.911. The molecule has 2 aromatic carbocycles. The molecule has 0 aliphatic carbocycles. The first-order chi connectivity index (χ1) is 12.4. The third kappa shape index (κ3) is 6.59. The number of hydrogen-bond donors (Lipinski definition) is 0. The van der Waals surface area contributed by atoms with E-state index in [2.05, 4.69) is 42.5 Å². The number of hydrogen-bond acceptors (Lipinski definition) is 4. The smallest absolute Gasteiger partial charge is 0.0718 e. The minimum absolute atomic E-state index is 0.592. The molecule has 0 saturated heterocycles. The van der Waals surface area contributed by atoms with Crippen molar-refractivity contribution in [3.8, 4) is 0 Å². The van der Waals surface area contributed by atoms with Crippen LogP contribution in [0.2, 0.25) is 0 Å². The topological polar surface area (TPSA) is 36.9 Å². The standard InChI is InChI=1S/C21H26O4/c1-2-4-18(5-3-1)12-19-13-20-15-21(14-19)17-25-11-9-23-7-6-22-8-10-24-16-20/h1-5,13-15H,6-12,16-17H2. The van der Waals surface area contributed by atoms with Gasteiger partial charge in [0.2, 0.25) is 0 Å². The predicted molar refractivity (Wildman–Crippen MR) is 96.6 cm³/mol. The summed E-state index contributed by atoms with van der Waals surface area (Å²) in [5.74, 6) is 0. The van der Waals surface area contributed by atoms with Gasteiger partial charge >= 0.3 is 0 Å². The summed E-state index contributed by atoms with van der Waals surface area (Å²) in [4.78, 5) is 0. The van der Waals surface area contributed by atoms with Gasteiger partial charge in [0.25, 0.3) is 0 Å². The van der Waals surface area contributed by atoms with Gasteiger partial charge in [-0.15, -0.1) is 0 Å². The summed E-state index contributed by atoms with van der Waals surface area (Å²) in [5.41, 5.74) is 4.94. The van der Waals surface area contributed by atoms with Gasteiger partial charge in [0.15, 0.2) is 0 Å². The Kier molecular flexibility index (Phi) is 7.46. The summed E-state index contributed by atoms with van der Waals surface area (Å²) >= 11 is 0. The molecule has 0 N–H and O–H groups in total. The van der Waals surface area contributed by atoms with Crippen LogP contribution in [0.25, 0.3) is 0 Å². The first-order valence-corrected chi connectivity index (χ1v) is 8.87. The second kappa shape index (κ2) is 10.3. The highest BCUT2D eigenvalue weighted by Gasteiger charge is 2.05. The summed E-state index contributed by atoms with van der Waals surface area (Å²) in [6.45, 7) is 4.75. The second-order valence-electron chi connectivity index (χ2n) is 6.15. The lowest BCUT2D eigenvalue weighted by atomic mass is 10.00. The molecule has 0 spiro atoms. The van der Waals surface area contributed by atoms with E-state index in [0.717, 1.165) is 6.42 Å². The largest absolute Gasteiger partial charge is 0.377 e. The van der Waals surface area contributed by atoms with Crippen molar-refractivity contribution in [2.75, 3.05) is 39.6 Å². The fourth-order valence-electron chi connectivity index (χ4n) is 2.88. The molecule has 0 fully saturated rings. The Balaban J connectivity index is 1.70. The highest BCUT2D eigenvalue weighted by atomic mass is 16.6. The Hall–Kier alpha value is -1.72. The predicted octanol–water partition coefficient (Wildman–Crippen LogP) is 3.36. The zero-order valence-electron chi connectivity index (χ0n) is 14.6. The Morgan fingerprint density at radius 1 is 0.560 bits per heavy atom. The summed E-state index contributed by atoms with van der Waals surface area (Å²) in [5, 5.41) is 0. The van der Waals surface area contributed by atoms with E-state index in [1.54, 1.807) is 0 Å². The Bertz CT molecular complexity index is 595.